The number of aryl methyl sites for hydroxylation is 2. The summed E-state index contributed by atoms with van der Waals surface area (Å²) in [6, 6.07) is 6.08. The first-order valence-electron chi connectivity index (χ1n) is 9.54. The normalized spacial score (nSPS) is 19.6. The van der Waals surface area contributed by atoms with Crippen LogP contribution in [-0.2, 0) is 27.1 Å². The molecule has 138 valence electrons. The van der Waals surface area contributed by atoms with Gasteiger partial charge < -0.3 is 14.2 Å². The van der Waals surface area contributed by atoms with E-state index in [1.165, 1.54) is 30.4 Å². The average Bonchev–Trinajstić information content (AvgIpc) is 3.29. The molecule has 0 aromatic heterocycles. The summed E-state index contributed by atoms with van der Waals surface area (Å²) in [5, 5.41) is 0. The van der Waals surface area contributed by atoms with Crippen LogP contribution in [0.3, 0.4) is 0 Å². The van der Waals surface area contributed by atoms with Gasteiger partial charge in [0.1, 0.15) is 5.75 Å². The van der Waals surface area contributed by atoms with Crippen molar-refractivity contribution in [1.29, 1.82) is 0 Å². The SMILES string of the molecule is COCCOCC(C)(C(=O)Oc1ccc2c(c1)CCC2)C1CCCC1. The molecular formula is C21H30O4. The molecule has 4 heteroatoms. The van der Waals surface area contributed by atoms with E-state index in [4.69, 9.17) is 14.2 Å². The lowest BCUT2D eigenvalue weighted by Gasteiger charge is -2.33. The number of hydrogen-bond acceptors (Lipinski definition) is 4. The first-order chi connectivity index (χ1) is 12.1. The van der Waals surface area contributed by atoms with Gasteiger partial charge in [-0.25, -0.2) is 0 Å². The minimum atomic E-state index is -0.594. The molecule has 1 unspecified atom stereocenters. The maximum atomic E-state index is 13.1. The molecule has 0 amide bonds. The quantitative estimate of drug-likeness (QED) is 0.406. The number of fused-ring (bicyclic) bond motifs is 1. The van der Waals surface area contributed by atoms with Crippen LogP contribution in [0, 0.1) is 11.3 Å². The Morgan fingerprint density at radius 3 is 2.64 bits per heavy atom. The summed E-state index contributed by atoms with van der Waals surface area (Å²) in [7, 11) is 1.65. The number of methoxy groups -OCH3 is 1. The molecule has 0 saturated heterocycles. The highest BCUT2D eigenvalue weighted by atomic mass is 16.5. The van der Waals surface area contributed by atoms with Crippen molar-refractivity contribution in [2.75, 3.05) is 26.9 Å². The third-order valence-electron chi connectivity index (χ3n) is 5.84. The number of esters is 1. The average molecular weight is 346 g/mol. The van der Waals surface area contributed by atoms with E-state index in [9.17, 15) is 4.79 Å². The molecule has 1 aromatic rings. The largest absolute Gasteiger partial charge is 0.426 e. The molecule has 0 aliphatic heterocycles. The second-order valence-corrected chi connectivity index (χ2v) is 7.62. The van der Waals surface area contributed by atoms with Gasteiger partial charge in [-0.05, 0) is 68.2 Å². The number of hydrogen-bond donors (Lipinski definition) is 0. The zero-order valence-electron chi connectivity index (χ0n) is 15.5. The van der Waals surface area contributed by atoms with Crippen LogP contribution >= 0.6 is 0 Å². The summed E-state index contributed by atoms with van der Waals surface area (Å²) in [6.07, 6.45) is 7.93. The summed E-state index contributed by atoms with van der Waals surface area (Å²) >= 11 is 0. The van der Waals surface area contributed by atoms with Crippen molar-refractivity contribution < 1.29 is 19.0 Å². The topological polar surface area (TPSA) is 44.8 Å². The third kappa shape index (κ3) is 4.24. The fourth-order valence-corrected chi connectivity index (χ4v) is 4.17. The highest BCUT2D eigenvalue weighted by Crippen LogP contribution is 2.41. The van der Waals surface area contributed by atoms with Gasteiger partial charge in [-0.15, -0.1) is 0 Å². The number of benzene rings is 1. The van der Waals surface area contributed by atoms with E-state index in [1.807, 2.05) is 19.1 Å². The van der Waals surface area contributed by atoms with Crippen molar-refractivity contribution >= 4 is 5.97 Å². The fraction of sp³-hybridized carbons (Fsp3) is 0.667. The summed E-state index contributed by atoms with van der Waals surface area (Å²) in [4.78, 5) is 13.1. The first-order valence-corrected chi connectivity index (χ1v) is 9.54. The van der Waals surface area contributed by atoms with E-state index in [2.05, 4.69) is 6.07 Å². The zero-order chi connectivity index (χ0) is 17.7. The van der Waals surface area contributed by atoms with Gasteiger partial charge in [0.05, 0.1) is 25.2 Å². The maximum Gasteiger partial charge on any atom is 0.319 e. The van der Waals surface area contributed by atoms with Crippen molar-refractivity contribution in [2.45, 2.75) is 51.9 Å². The van der Waals surface area contributed by atoms with Gasteiger partial charge in [0.15, 0.2) is 0 Å². The fourth-order valence-electron chi connectivity index (χ4n) is 4.17. The Kier molecular flexibility index (Phi) is 6.13. The van der Waals surface area contributed by atoms with E-state index >= 15 is 0 Å². The Balaban J connectivity index is 1.69. The summed E-state index contributed by atoms with van der Waals surface area (Å²) in [5.74, 6) is 0.846. The second-order valence-electron chi connectivity index (χ2n) is 7.62. The summed E-state index contributed by atoms with van der Waals surface area (Å²) in [6.45, 7) is 3.45. The molecule has 25 heavy (non-hydrogen) atoms. The lowest BCUT2D eigenvalue weighted by molar-refractivity contribution is -0.153. The number of ether oxygens (including phenoxy) is 3. The van der Waals surface area contributed by atoms with Crippen LogP contribution < -0.4 is 4.74 Å². The van der Waals surface area contributed by atoms with Gasteiger partial charge >= 0.3 is 5.97 Å². The highest BCUT2D eigenvalue weighted by molar-refractivity contribution is 5.79. The van der Waals surface area contributed by atoms with Crippen LogP contribution in [0.4, 0.5) is 0 Å². The lowest BCUT2D eigenvalue weighted by atomic mass is 9.76. The highest BCUT2D eigenvalue weighted by Gasteiger charge is 2.44. The summed E-state index contributed by atoms with van der Waals surface area (Å²) in [5.41, 5.74) is 2.12. The first kappa shape index (κ1) is 18.4. The van der Waals surface area contributed by atoms with Gasteiger partial charge in [-0.3, -0.25) is 4.79 Å². The molecule has 0 bridgehead atoms. The minimum absolute atomic E-state index is 0.158. The second kappa shape index (κ2) is 8.33. The van der Waals surface area contributed by atoms with Gasteiger partial charge in [0, 0.05) is 7.11 Å². The molecule has 0 radical (unpaired) electrons. The van der Waals surface area contributed by atoms with E-state index in [0.717, 1.165) is 25.7 Å². The molecule has 4 nitrogen and oxygen atoms in total. The molecule has 0 N–H and O–H groups in total. The standard InChI is InChI=1S/C21H30O4/c1-21(15-24-13-12-23-2,18-8-3-4-9-18)20(22)25-19-11-10-16-6-5-7-17(16)14-19/h10-11,14,18H,3-9,12-13,15H2,1-2H3. The monoisotopic (exact) mass is 346 g/mol. The van der Waals surface area contributed by atoms with E-state index in [-0.39, 0.29) is 5.97 Å². The number of carbonyl (C=O) groups is 1. The Morgan fingerprint density at radius 1 is 1.12 bits per heavy atom. The van der Waals surface area contributed by atoms with Crippen molar-refractivity contribution in [3.63, 3.8) is 0 Å². The maximum absolute atomic E-state index is 13.1. The molecule has 1 saturated carbocycles. The summed E-state index contributed by atoms with van der Waals surface area (Å²) < 4.78 is 16.6. The Bertz CT molecular complexity index is 592. The molecule has 0 heterocycles. The van der Waals surface area contributed by atoms with Gasteiger partial charge in [-0.2, -0.15) is 0 Å². The smallest absolute Gasteiger partial charge is 0.319 e. The van der Waals surface area contributed by atoms with Crippen LogP contribution in [0.1, 0.15) is 50.2 Å². The molecule has 2 aliphatic rings. The molecule has 0 spiro atoms. The van der Waals surface area contributed by atoms with Crippen LogP contribution in [0.15, 0.2) is 18.2 Å². The van der Waals surface area contributed by atoms with Crippen molar-refractivity contribution in [3.05, 3.63) is 29.3 Å². The van der Waals surface area contributed by atoms with Crippen molar-refractivity contribution in [3.8, 4) is 5.75 Å². The minimum Gasteiger partial charge on any atom is -0.426 e. The van der Waals surface area contributed by atoms with Crippen molar-refractivity contribution in [2.24, 2.45) is 11.3 Å². The van der Waals surface area contributed by atoms with Gasteiger partial charge in [0.2, 0.25) is 0 Å². The van der Waals surface area contributed by atoms with E-state index in [0.29, 0.717) is 31.5 Å². The Hall–Kier alpha value is -1.39. The molecule has 2 aliphatic carbocycles. The van der Waals surface area contributed by atoms with Crippen LogP contribution in [0.5, 0.6) is 5.75 Å². The Labute approximate surface area is 150 Å². The van der Waals surface area contributed by atoms with Crippen LogP contribution in [0.25, 0.3) is 0 Å². The number of carbonyl (C=O) groups excluding carboxylic acids is 1. The molecule has 3 rings (SSSR count). The predicted octanol–water partition coefficient (Wildman–Crippen LogP) is 3.94. The van der Waals surface area contributed by atoms with Crippen molar-refractivity contribution in [1.82, 2.24) is 0 Å². The van der Waals surface area contributed by atoms with Crippen LogP contribution in [0.2, 0.25) is 0 Å². The lowest BCUT2D eigenvalue weighted by Crippen LogP contribution is -2.42. The Morgan fingerprint density at radius 2 is 1.88 bits per heavy atom. The number of rotatable bonds is 8. The predicted molar refractivity (Wildman–Crippen MR) is 96.9 cm³/mol. The molecule has 1 aromatic carbocycles. The molecule has 1 fully saturated rings. The third-order valence-corrected chi connectivity index (χ3v) is 5.84. The zero-order valence-corrected chi connectivity index (χ0v) is 15.5. The van der Waals surface area contributed by atoms with E-state index in [1.54, 1.807) is 7.11 Å². The van der Waals surface area contributed by atoms with Gasteiger partial charge in [0.25, 0.3) is 0 Å². The van der Waals surface area contributed by atoms with Gasteiger partial charge in [-0.1, -0.05) is 18.9 Å². The molecule has 1 atom stereocenters. The molecular weight excluding hydrogens is 316 g/mol. The van der Waals surface area contributed by atoms with E-state index < -0.39 is 5.41 Å². The van der Waals surface area contributed by atoms with Crippen LogP contribution in [-0.4, -0.2) is 32.9 Å².